The Kier molecular flexibility index (Phi) is 8.93. The highest BCUT2D eigenvalue weighted by Gasteiger charge is 2.28. The van der Waals surface area contributed by atoms with Crippen LogP contribution in [0.2, 0.25) is 10.0 Å². The lowest BCUT2D eigenvalue weighted by Gasteiger charge is -2.30. The topological polar surface area (TPSA) is 58.6 Å². The van der Waals surface area contributed by atoms with E-state index in [1.54, 1.807) is 25.1 Å². The van der Waals surface area contributed by atoms with Gasteiger partial charge in [0.1, 0.15) is 17.6 Å². The third-order valence-electron chi connectivity index (χ3n) is 4.73. The molecule has 0 radical (unpaired) electrons. The summed E-state index contributed by atoms with van der Waals surface area (Å²) in [5.74, 6) is -0.777. The van der Waals surface area contributed by atoms with Gasteiger partial charge in [0.05, 0.1) is 0 Å². The maximum Gasteiger partial charge on any atom is 0.261 e. The van der Waals surface area contributed by atoms with Crippen LogP contribution in [0.1, 0.15) is 32.8 Å². The molecule has 0 bridgehead atoms. The fourth-order valence-corrected chi connectivity index (χ4v) is 3.18. The number of carbonyl (C=O) groups excluding carboxylic acids is 2. The van der Waals surface area contributed by atoms with Crippen LogP contribution in [0.4, 0.5) is 4.39 Å². The number of amides is 2. The SMILES string of the molecule is CC[C@@H](C)NC(=O)[C@@H](C)N(Cc1c(Cl)cccc1Cl)C(=O)COc1ccc(F)cc1. The molecule has 0 aliphatic rings. The molecule has 2 amide bonds. The van der Waals surface area contributed by atoms with E-state index in [-0.39, 0.29) is 25.1 Å². The van der Waals surface area contributed by atoms with Crippen LogP contribution in [0.25, 0.3) is 0 Å². The van der Waals surface area contributed by atoms with E-state index < -0.39 is 17.8 Å². The largest absolute Gasteiger partial charge is 0.484 e. The van der Waals surface area contributed by atoms with Crippen LogP contribution in [0.15, 0.2) is 42.5 Å². The van der Waals surface area contributed by atoms with Gasteiger partial charge in [-0.25, -0.2) is 4.39 Å². The van der Waals surface area contributed by atoms with Crippen LogP contribution in [0.3, 0.4) is 0 Å². The molecule has 5 nitrogen and oxygen atoms in total. The summed E-state index contributed by atoms with van der Waals surface area (Å²) in [5.41, 5.74) is 0.541. The maximum atomic E-state index is 13.1. The minimum absolute atomic E-state index is 0.0312. The summed E-state index contributed by atoms with van der Waals surface area (Å²) in [6.45, 7) is 5.20. The van der Waals surface area contributed by atoms with Gasteiger partial charge in [-0.05, 0) is 56.7 Å². The predicted molar refractivity (Wildman–Crippen MR) is 116 cm³/mol. The Hall–Kier alpha value is -2.31. The van der Waals surface area contributed by atoms with E-state index in [0.29, 0.717) is 21.4 Å². The summed E-state index contributed by atoms with van der Waals surface area (Å²) in [7, 11) is 0. The second-order valence-corrected chi connectivity index (χ2v) is 7.77. The Bertz CT molecular complexity index is 857. The van der Waals surface area contributed by atoms with Crippen molar-refractivity contribution in [3.05, 3.63) is 63.9 Å². The highest BCUT2D eigenvalue weighted by Crippen LogP contribution is 2.26. The van der Waals surface area contributed by atoms with Crippen molar-refractivity contribution in [1.29, 1.82) is 0 Å². The number of nitrogens with one attached hydrogen (secondary N) is 1. The van der Waals surface area contributed by atoms with E-state index in [4.69, 9.17) is 27.9 Å². The summed E-state index contributed by atoms with van der Waals surface area (Å²) >= 11 is 12.5. The lowest BCUT2D eigenvalue weighted by Crippen LogP contribution is -2.50. The number of ether oxygens (including phenoxy) is 1. The Morgan fingerprint density at radius 1 is 1.10 bits per heavy atom. The molecule has 0 aromatic heterocycles. The second kappa shape index (κ2) is 11.2. The predicted octanol–water partition coefficient (Wildman–Crippen LogP) is 4.84. The molecule has 162 valence electrons. The van der Waals surface area contributed by atoms with Crippen LogP contribution in [0, 0.1) is 5.82 Å². The number of hydrogen-bond acceptors (Lipinski definition) is 3. The molecule has 0 aliphatic carbocycles. The van der Waals surface area contributed by atoms with Gasteiger partial charge < -0.3 is 15.0 Å². The molecule has 1 N–H and O–H groups in total. The molecule has 30 heavy (non-hydrogen) atoms. The van der Waals surface area contributed by atoms with Gasteiger partial charge in [0.15, 0.2) is 6.61 Å². The normalized spacial score (nSPS) is 12.7. The quantitative estimate of drug-likeness (QED) is 0.589. The first-order valence-corrected chi connectivity index (χ1v) is 10.4. The first kappa shape index (κ1) is 24.0. The van der Waals surface area contributed by atoms with Crippen molar-refractivity contribution in [2.24, 2.45) is 0 Å². The van der Waals surface area contributed by atoms with Gasteiger partial charge in [0, 0.05) is 28.2 Å². The van der Waals surface area contributed by atoms with Crippen molar-refractivity contribution < 1.29 is 18.7 Å². The Labute approximate surface area is 186 Å². The van der Waals surface area contributed by atoms with Crippen LogP contribution in [-0.4, -0.2) is 35.4 Å². The number of rotatable bonds is 9. The van der Waals surface area contributed by atoms with Crippen LogP contribution >= 0.6 is 23.2 Å². The fourth-order valence-electron chi connectivity index (χ4n) is 2.66. The maximum absolute atomic E-state index is 13.1. The van der Waals surface area contributed by atoms with E-state index in [1.165, 1.54) is 29.2 Å². The second-order valence-electron chi connectivity index (χ2n) is 6.96. The minimum Gasteiger partial charge on any atom is -0.484 e. The van der Waals surface area contributed by atoms with Crippen molar-refractivity contribution >= 4 is 35.0 Å². The van der Waals surface area contributed by atoms with E-state index in [9.17, 15) is 14.0 Å². The summed E-state index contributed by atoms with van der Waals surface area (Å²) in [6.07, 6.45) is 0.760. The number of hydrogen-bond donors (Lipinski definition) is 1. The molecule has 0 unspecified atom stereocenters. The molecule has 2 rings (SSSR count). The van der Waals surface area contributed by atoms with Gasteiger partial charge in [-0.15, -0.1) is 0 Å². The van der Waals surface area contributed by atoms with Gasteiger partial charge in [0.25, 0.3) is 5.91 Å². The zero-order valence-corrected chi connectivity index (χ0v) is 18.6. The number of benzene rings is 2. The zero-order chi connectivity index (χ0) is 22.3. The van der Waals surface area contributed by atoms with Gasteiger partial charge in [-0.1, -0.05) is 36.2 Å². The van der Waals surface area contributed by atoms with Gasteiger partial charge in [-0.3, -0.25) is 9.59 Å². The zero-order valence-electron chi connectivity index (χ0n) is 17.1. The molecule has 2 aromatic rings. The summed E-state index contributed by atoms with van der Waals surface area (Å²) in [6, 6.07) is 9.57. The molecule has 2 atom stereocenters. The summed E-state index contributed by atoms with van der Waals surface area (Å²) in [5, 5.41) is 3.67. The molecule has 0 spiro atoms. The monoisotopic (exact) mass is 454 g/mol. The van der Waals surface area contributed by atoms with E-state index in [2.05, 4.69) is 5.32 Å². The standard InChI is InChI=1S/C22H25Cl2FN2O3/c1-4-14(2)26-22(29)15(3)27(12-18-19(23)6-5-7-20(18)24)21(28)13-30-17-10-8-16(25)9-11-17/h5-11,14-15H,4,12-13H2,1-3H3,(H,26,29)/t14-,15-/m1/s1. The van der Waals surface area contributed by atoms with Crippen LogP contribution < -0.4 is 10.1 Å². The van der Waals surface area contributed by atoms with Crippen molar-refractivity contribution in [2.45, 2.75) is 45.8 Å². The molecule has 8 heteroatoms. The first-order chi connectivity index (χ1) is 14.2. The third kappa shape index (κ3) is 6.61. The van der Waals surface area contributed by atoms with E-state index in [0.717, 1.165) is 6.42 Å². The molecular weight excluding hydrogens is 430 g/mol. The lowest BCUT2D eigenvalue weighted by molar-refractivity contribution is -0.142. The van der Waals surface area contributed by atoms with Crippen molar-refractivity contribution in [3.8, 4) is 5.75 Å². The molecular formula is C22H25Cl2FN2O3. The third-order valence-corrected chi connectivity index (χ3v) is 5.44. The van der Waals surface area contributed by atoms with E-state index in [1.807, 2.05) is 13.8 Å². The lowest BCUT2D eigenvalue weighted by atomic mass is 10.1. The molecule has 0 saturated heterocycles. The molecule has 0 aliphatic heterocycles. The Balaban J connectivity index is 2.21. The van der Waals surface area contributed by atoms with Crippen molar-refractivity contribution in [1.82, 2.24) is 10.2 Å². The van der Waals surface area contributed by atoms with Gasteiger partial charge in [0.2, 0.25) is 5.91 Å². The first-order valence-electron chi connectivity index (χ1n) is 9.64. The fraction of sp³-hybridized carbons (Fsp3) is 0.364. The number of nitrogens with zero attached hydrogens (tertiary/aromatic N) is 1. The molecule has 0 saturated carbocycles. The molecule has 2 aromatic carbocycles. The molecule has 0 fully saturated rings. The highest BCUT2D eigenvalue weighted by atomic mass is 35.5. The molecule has 0 heterocycles. The highest BCUT2D eigenvalue weighted by molar-refractivity contribution is 6.36. The van der Waals surface area contributed by atoms with Crippen molar-refractivity contribution in [3.63, 3.8) is 0 Å². The number of carbonyl (C=O) groups is 2. The number of halogens is 3. The smallest absolute Gasteiger partial charge is 0.261 e. The summed E-state index contributed by atoms with van der Waals surface area (Å²) in [4.78, 5) is 27.0. The Morgan fingerprint density at radius 3 is 2.27 bits per heavy atom. The average Bonchev–Trinajstić information content (AvgIpc) is 2.72. The van der Waals surface area contributed by atoms with Gasteiger partial charge in [-0.2, -0.15) is 0 Å². The van der Waals surface area contributed by atoms with E-state index >= 15 is 0 Å². The Morgan fingerprint density at radius 2 is 1.70 bits per heavy atom. The van der Waals surface area contributed by atoms with Crippen molar-refractivity contribution in [2.75, 3.05) is 6.61 Å². The summed E-state index contributed by atoms with van der Waals surface area (Å²) < 4.78 is 18.5. The van der Waals surface area contributed by atoms with Gasteiger partial charge >= 0.3 is 0 Å². The average molecular weight is 455 g/mol. The van der Waals surface area contributed by atoms with Crippen LogP contribution in [-0.2, 0) is 16.1 Å². The minimum atomic E-state index is -0.782. The van der Waals surface area contributed by atoms with Crippen LogP contribution in [0.5, 0.6) is 5.75 Å².